The molecule has 0 aliphatic heterocycles. The van der Waals surface area contributed by atoms with Gasteiger partial charge in [-0.25, -0.2) is 8.78 Å². The summed E-state index contributed by atoms with van der Waals surface area (Å²) < 4.78 is 38.2. The molecule has 0 saturated heterocycles. The Bertz CT molecular complexity index is 825. The monoisotopic (exact) mass is 317 g/mol. The van der Waals surface area contributed by atoms with Crippen LogP contribution in [0.2, 0.25) is 0 Å². The third-order valence-electron chi connectivity index (χ3n) is 3.48. The van der Waals surface area contributed by atoms with Crippen LogP contribution in [0.3, 0.4) is 0 Å². The second-order valence-corrected chi connectivity index (χ2v) is 4.83. The Morgan fingerprint density at radius 3 is 2.48 bits per heavy atom. The topological polar surface area (TPSA) is 55.5 Å². The summed E-state index contributed by atoms with van der Waals surface area (Å²) in [5, 5.41) is 13.5. The molecule has 6 heteroatoms. The highest BCUT2D eigenvalue weighted by atomic mass is 19.1. The number of halogens is 2. The molecule has 3 aromatic rings. The molecule has 2 aromatic carbocycles. The Morgan fingerprint density at radius 1 is 1.13 bits per heavy atom. The smallest absolute Gasteiger partial charge is 0.178 e. The molecule has 3 rings (SSSR count). The van der Waals surface area contributed by atoms with Crippen molar-refractivity contribution in [2.75, 3.05) is 7.11 Å². The fourth-order valence-electron chi connectivity index (χ4n) is 2.36. The predicted octanol–water partition coefficient (Wildman–Crippen LogP) is 3.79. The third kappa shape index (κ3) is 2.68. The summed E-state index contributed by atoms with van der Waals surface area (Å²) in [4.78, 5) is 0. The number of hydrogen-bond acceptors (Lipinski definition) is 4. The average molecular weight is 317 g/mol. The molecule has 0 unspecified atom stereocenters. The number of aliphatic hydroxyl groups is 1. The van der Waals surface area contributed by atoms with Gasteiger partial charge in [0, 0.05) is 5.56 Å². The van der Waals surface area contributed by atoms with Crippen LogP contribution in [0.4, 0.5) is 8.78 Å². The second kappa shape index (κ2) is 6.18. The maximum Gasteiger partial charge on any atom is 0.178 e. The molecule has 23 heavy (non-hydrogen) atoms. The van der Waals surface area contributed by atoms with Crippen molar-refractivity contribution in [1.29, 1.82) is 0 Å². The van der Waals surface area contributed by atoms with Crippen molar-refractivity contribution in [3.8, 4) is 28.3 Å². The predicted molar refractivity (Wildman–Crippen MR) is 79.8 cm³/mol. The molecule has 0 spiro atoms. The fraction of sp³-hybridized carbons (Fsp3) is 0.118. The lowest BCUT2D eigenvalue weighted by Gasteiger charge is -2.05. The van der Waals surface area contributed by atoms with Crippen molar-refractivity contribution in [1.82, 2.24) is 5.16 Å². The molecule has 0 atom stereocenters. The molecule has 0 fully saturated rings. The number of methoxy groups -OCH3 is 1. The molecule has 1 heterocycles. The molecule has 0 aliphatic rings. The zero-order chi connectivity index (χ0) is 16.4. The molecule has 0 aliphatic carbocycles. The van der Waals surface area contributed by atoms with E-state index >= 15 is 0 Å². The first-order valence-electron chi connectivity index (χ1n) is 6.84. The summed E-state index contributed by atoms with van der Waals surface area (Å²) >= 11 is 0. The van der Waals surface area contributed by atoms with Crippen LogP contribution >= 0.6 is 0 Å². The largest absolute Gasteiger partial charge is 0.497 e. The molecule has 0 bridgehead atoms. The molecule has 0 radical (unpaired) electrons. The van der Waals surface area contributed by atoms with Crippen LogP contribution in [-0.4, -0.2) is 17.4 Å². The van der Waals surface area contributed by atoms with E-state index in [9.17, 15) is 13.9 Å². The van der Waals surface area contributed by atoms with E-state index in [0.29, 0.717) is 17.0 Å². The van der Waals surface area contributed by atoms with E-state index in [2.05, 4.69) is 5.16 Å². The van der Waals surface area contributed by atoms with Gasteiger partial charge < -0.3 is 14.4 Å². The number of benzene rings is 2. The van der Waals surface area contributed by atoms with Crippen LogP contribution in [0.1, 0.15) is 5.56 Å². The van der Waals surface area contributed by atoms with Crippen LogP contribution in [0.25, 0.3) is 22.6 Å². The van der Waals surface area contributed by atoms with Gasteiger partial charge in [-0.2, -0.15) is 0 Å². The molecule has 118 valence electrons. The number of rotatable bonds is 4. The van der Waals surface area contributed by atoms with Gasteiger partial charge in [-0.05, 0) is 24.3 Å². The van der Waals surface area contributed by atoms with E-state index in [4.69, 9.17) is 9.26 Å². The zero-order valence-electron chi connectivity index (χ0n) is 12.2. The standard InChI is InChI=1S/C17H13F2NO3/c1-22-11-5-2-4-10(8-11)16-12(9-21)17(23-20-16)15-13(18)6-3-7-14(15)19/h2-8,21H,9H2,1H3. The Morgan fingerprint density at radius 2 is 1.83 bits per heavy atom. The summed E-state index contributed by atoms with van der Waals surface area (Å²) in [7, 11) is 1.52. The Labute approximate surface area is 130 Å². The van der Waals surface area contributed by atoms with Gasteiger partial charge in [-0.3, -0.25) is 0 Å². The van der Waals surface area contributed by atoms with Gasteiger partial charge in [0.2, 0.25) is 0 Å². The highest BCUT2D eigenvalue weighted by Crippen LogP contribution is 2.35. The lowest BCUT2D eigenvalue weighted by Crippen LogP contribution is -1.94. The normalized spacial score (nSPS) is 10.8. The SMILES string of the molecule is COc1cccc(-c2noc(-c3c(F)cccc3F)c2CO)c1. The first kappa shape index (κ1) is 15.2. The van der Waals surface area contributed by atoms with Crippen LogP contribution in [-0.2, 0) is 6.61 Å². The van der Waals surface area contributed by atoms with Gasteiger partial charge in [-0.1, -0.05) is 23.4 Å². The van der Waals surface area contributed by atoms with Crippen molar-refractivity contribution < 1.29 is 23.1 Å². The molecule has 4 nitrogen and oxygen atoms in total. The first-order valence-corrected chi connectivity index (χ1v) is 6.84. The quantitative estimate of drug-likeness (QED) is 0.795. The third-order valence-corrected chi connectivity index (χ3v) is 3.48. The van der Waals surface area contributed by atoms with Crippen molar-refractivity contribution in [2.24, 2.45) is 0 Å². The fourth-order valence-corrected chi connectivity index (χ4v) is 2.36. The Hall–Kier alpha value is -2.73. The number of nitrogens with zero attached hydrogens (tertiary/aromatic N) is 1. The summed E-state index contributed by atoms with van der Waals surface area (Å²) in [5.41, 5.74) is 0.782. The zero-order valence-corrected chi connectivity index (χ0v) is 12.2. The molecule has 1 aromatic heterocycles. The summed E-state index contributed by atoms with van der Waals surface area (Å²) in [6.45, 7) is -0.473. The van der Waals surface area contributed by atoms with Gasteiger partial charge in [-0.15, -0.1) is 0 Å². The van der Waals surface area contributed by atoms with Crippen molar-refractivity contribution in [2.45, 2.75) is 6.61 Å². The van der Waals surface area contributed by atoms with E-state index in [0.717, 1.165) is 12.1 Å². The van der Waals surface area contributed by atoms with Gasteiger partial charge >= 0.3 is 0 Å². The van der Waals surface area contributed by atoms with Crippen molar-refractivity contribution in [3.05, 3.63) is 59.7 Å². The summed E-state index contributed by atoms with van der Waals surface area (Å²) in [6, 6.07) is 10.4. The maximum atomic E-state index is 14.0. The molecular weight excluding hydrogens is 304 g/mol. The maximum absolute atomic E-state index is 14.0. The van der Waals surface area contributed by atoms with Crippen molar-refractivity contribution >= 4 is 0 Å². The average Bonchev–Trinajstić information content (AvgIpc) is 2.98. The number of aromatic nitrogens is 1. The van der Waals surface area contributed by atoms with Crippen LogP contribution in [0.15, 0.2) is 47.0 Å². The van der Waals surface area contributed by atoms with E-state index in [-0.39, 0.29) is 16.9 Å². The van der Waals surface area contributed by atoms with Crippen LogP contribution < -0.4 is 4.74 Å². The molecule has 0 saturated carbocycles. The molecule has 1 N–H and O–H groups in total. The minimum absolute atomic E-state index is 0.124. The molecular formula is C17H13F2NO3. The minimum Gasteiger partial charge on any atom is -0.497 e. The van der Waals surface area contributed by atoms with Gasteiger partial charge in [0.25, 0.3) is 0 Å². The number of aliphatic hydroxyl groups excluding tert-OH is 1. The lowest BCUT2D eigenvalue weighted by atomic mass is 10.0. The second-order valence-electron chi connectivity index (χ2n) is 4.83. The Balaban J connectivity index is 2.17. The summed E-state index contributed by atoms with van der Waals surface area (Å²) in [6.07, 6.45) is 0. The minimum atomic E-state index is -0.784. The summed E-state index contributed by atoms with van der Waals surface area (Å²) in [5.74, 6) is -1.10. The first-order chi connectivity index (χ1) is 11.2. The van der Waals surface area contributed by atoms with Gasteiger partial charge in [0.15, 0.2) is 5.76 Å². The highest BCUT2D eigenvalue weighted by molar-refractivity contribution is 5.73. The van der Waals surface area contributed by atoms with E-state index in [1.54, 1.807) is 24.3 Å². The van der Waals surface area contributed by atoms with E-state index < -0.39 is 18.2 Å². The van der Waals surface area contributed by atoms with Crippen LogP contribution in [0, 0.1) is 11.6 Å². The van der Waals surface area contributed by atoms with Gasteiger partial charge in [0.1, 0.15) is 23.1 Å². The molecule has 0 amide bonds. The van der Waals surface area contributed by atoms with E-state index in [1.807, 2.05) is 0 Å². The van der Waals surface area contributed by atoms with Crippen LogP contribution in [0.5, 0.6) is 5.75 Å². The Kier molecular flexibility index (Phi) is 4.08. The number of hydrogen-bond donors (Lipinski definition) is 1. The van der Waals surface area contributed by atoms with E-state index in [1.165, 1.54) is 13.2 Å². The number of ether oxygens (including phenoxy) is 1. The van der Waals surface area contributed by atoms with Gasteiger partial charge in [0.05, 0.1) is 24.8 Å². The lowest BCUT2D eigenvalue weighted by molar-refractivity contribution is 0.281. The van der Waals surface area contributed by atoms with Crippen molar-refractivity contribution in [3.63, 3.8) is 0 Å². The highest BCUT2D eigenvalue weighted by Gasteiger charge is 2.23.